The van der Waals surface area contributed by atoms with E-state index < -0.39 is 35.1 Å². The van der Waals surface area contributed by atoms with Crippen molar-refractivity contribution in [2.75, 3.05) is 0 Å². The Kier molecular flexibility index (Phi) is 10.6. The van der Waals surface area contributed by atoms with E-state index in [4.69, 9.17) is 4.74 Å². The molecular weight excluding hydrogens is 516 g/mol. The van der Waals surface area contributed by atoms with Gasteiger partial charge in [-0.2, -0.15) is 0 Å². The minimum Gasteiger partial charge on any atom is -0.511 e. The number of carbonyl (C=O) groups excluding carboxylic acids is 2. The molecule has 1 aliphatic carbocycles. The second-order valence-corrected chi connectivity index (χ2v) is 12.4. The average Bonchev–Trinajstić information content (AvgIpc) is 2.90. The van der Waals surface area contributed by atoms with Crippen molar-refractivity contribution >= 4 is 17.5 Å². The third-order valence-electron chi connectivity index (χ3n) is 8.53. The summed E-state index contributed by atoms with van der Waals surface area (Å²) >= 11 is 0. The maximum atomic E-state index is 14.5. The molecule has 6 nitrogen and oxygen atoms in total. The van der Waals surface area contributed by atoms with Crippen molar-refractivity contribution < 1.29 is 29.3 Å². The molecule has 1 aromatic carbocycles. The molecule has 41 heavy (non-hydrogen) atoms. The Morgan fingerprint density at radius 2 is 1.71 bits per heavy atom. The van der Waals surface area contributed by atoms with Crippen LogP contribution in [0.25, 0.3) is 0 Å². The van der Waals surface area contributed by atoms with Crippen molar-refractivity contribution in [1.82, 2.24) is 0 Å². The van der Waals surface area contributed by atoms with Gasteiger partial charge in [0.25, 0.3) is 0 Å². The maximum Gasteiger partial charge on any atom is 0.304 e. The first-order valence-corrected chi connectivity index (χ1v) is 14.8. The molecule has 2 aliphatic rings. The summed E-state index contributed by atoms with van der Waals surface area (Å²) in [4.78, 5) is 40.5. The number of carbonyl (C=O) groups is 3. The van der Waals surface area contributed by atoms with Gasteiger partial charge in [0.2, 0.25) is 0 Å². The van der Waals surface area contributed by atoms with Crippen molar-refractivity contribution in [3.63, 3.8) is 0 Å². The molecule has 222 valence electrons. The second-order valence-electron chi connectivity index (χ2n) is 12.4. The Morgan fingerprint density at radius 1 is 1.05 bits per heavy atom. The van der Waals surface area contributed by atoms with Gasteiger partial charge in [-0.05, 0) is 71.3 Å². The molecule has 3 rings (SSSR count). The zero-order valence-corrected chi connectivity index (χ0v) is 25.6. The van der Waals surface area contributed by atoms with Gasteiger partial charge in [-0.1, -0.05) is 74.4 Å². The minimum atomic E-state index is -1.35. The molecule has 6 heteroatoms. The summed E-state index contributed by atoms with van der Waals surface area (Å²) in [6, 6.07) is 9.09. The summed E-state index contributed by atoms with van der Waals surface area (Å²) in [5.74, 6) is -2.94. The fourth-order valence-electron chi connectivity index (χ4n) is 5.73. The topological polar surface area (TPSA) is 101 Å². The third kappa shape index (κ3) is 7.09. The van der Waals surface area contributed by atoms with E-state index in [0.717, 1.165) is 12.0 Å². The number of hydrogen-bond acceptors (Lipinski definition) is 5. The number of aliphatic hydroxyl groups is 1. The van der Waals surface area contributed by atoms with Crippen LogP contribution in [0.5, 0.6) is 0 Å². The minimum absolute atomic E-state index is 0.0235. The first kappa shape index (κ1) is 32.1. The van der Waals surface area contributed by atoms with E-state index in [2.05, 4.69) is 26.0 Å². The van der Waals surface area contributed by atoms with Crippen LogP contribution < -0.4 is 0 Å². The van der Waals surface area contributed by atoms with Crippen LogP contribution >= 0.6 is 0 Å². The van der Waals surface area contributed by atoms with Crippen LogP contribution in [0.1, 0.15) is 98.5 Å². The number of allylic oxidation sites excluding steroid dienone is 7. The number of hydrogen-bond donors (Lipinski definition) is 2. The highest BCUT2D eigenvalue weighted by Crippen LogP contribution is 2.53. The average molecular weight is 563 g/mol. The van der Waals surface area contributed by atoms with Gasteiger partial charge in [-0.15, -0.1) is 0 Å². The maximum absolute atomic E-state index is 14.5. The number of aliphatic carboxylic acids is 1. The SMILES string of the molecule is CC(C)=CC/C=C(\C)CCC1(CCC(C)C)C(=O)C2=C(OC(C)C(C)C2=O)C(C(CC(=O)O)c2ccccc2)=C1O. The Morgan fingerprint density at radius 3 is 2.29 bits per heavy atom. The number of benzene rings is 1. The van der Waals surface area contributed by atoms with Crippen molar-refractivity contribution in [3.05, 3.63) is 81.9 Å². The quantitative estimate of drug-likeness (QED) is 0.198. The lowest BCUT2D eigenvalue weighted by molar-refractivity contribution is -0.137. The van der Waals surface area contributed by atoms with E-state index in [1.54, 1.807) is 13.8 Å². The first-order chi connectivity index (χ1) is 19.3. The van der Waals surface area contributed by atoms with Crippen LogP contribution in [0, 0.1) is 17.3 Å². The van der Waals surface area contributed by atoms with Gasteiger partial charge in [0, 0.05) is 11.5 Å². The predicted molar refractivity (Wildman–Crippen MR) is 161 cm³/mol. The number of rotatable bonds is 12. The Hall–Kier alpha value is -3.41. The molecule has 1 aliphatic heterocycles. The molecule has 0 saturated carbocycles. The molecular formula is C35H46O6. The summed E-state index contributed by atoms with van der Waals surface area (Å²) in [5.41, 5.74) is 1.87. The van der Waals surface area contributed by atoms with Crippen molar-refractivity contribution in [2.45, 2.75) is 99.0 Å². The zero-order valence-electron chi connectivity index (χ0n) is 25.6. The summed E-state index contributed by atoms with van der Waals surface area (Å²) in [7, 11) is 0. The van der Waals surface area contributed by atoms with E-state index in [1.165, 1.54) is 5.57 Å². The lowest BCUT2D eigenvalue weighted by Gasteiger charge is -2.43. The van der Waals surface area contributed by atoms with E-state index in [1.807, 2.05) is 51.1 Å². The normalized spacial score (nSPS) is 23.9. The first-order valence-electron chi connectivity index (χ1n) is 14.8. The molecule has 4 atom stereocenters. The molecule has 2 N–H and O–H groups in total. The molecule has 0 fully saturated rings. The molecule has 0 aromatic heterocycles. The largest absolute Gasteiger partial charge is 0.511 e. The highest BCUT2D eigenvalue weighted by Gasteiger charge is 2.55. The molecule has 1 heterocycles. The van der Waals surface area contributed by atoms with E-state index in [0.29, 0.717) is 31.2 Å². The molecule has 0 spiro atoms. The lowest BCUT2D eigenvalue weighted by atomic mass is 9.62. The molecule has 0 radical (unpaired) electrons. The molecule has 0 amide bonds. The zero-order chi connectivity index (χ0) is 30.5. The number of carboxylic acid groups (broad SMARTS) is 1. The second kappa shape index (κ2) is 13.5. The van der Waals surface area contributed by atoms with Crippen molar-refractivity contribution in [2.24, 2.45) is 17.3 Å². The van der Waals surface area contributed by atoms with Crippen molar-refractivity contribution in [1.29, 1.82) is 0 Å². The lowest BCUT2D eigenvalue weighted by Crippen LogP contribution is -2.47. The highest BCUT2D eigenvalue weighted by molar-refractivity contribution is 6.25. The van der Waals surface area contributed by atoms with Gasteiger partial charge >= 0.3 is 5.97 Å². The van der Waals surface area contributed by atoms with E-state index >= 15 is 0 Å². The van der Waals surface area contributed by atoms with E-state index in [-0.39, 0.29) is 40.8 Å². The Bertz CT molecular complexity index is 1270. The molecule has 0 bridgehead atoms. The van der Waals surface area contributed by atoms with Gasteiger partial charge in [0.15, 0.2) is 11.6 Å². The van der Waals surface area contributed by atoms with Crippen LogP contribution in [0.4, 0.5) is 0 Å². The summed E-state index contributed by atoms with van der Waals surface area (Å²) in [6.07, 6.45) is 6.06. The van der Waals surface area contributed by atoms with E-state index in [9.17, 15) is 24.6 Å². The monoisotopic (exact) mass is 562 g/mol. The summed E-state index contributed by atoms with van der Waals surface area (Å²) in [6.45, 7) is 13.8. The number of carboxylic acids is 1. The van der Waals surface area contributed by atoms with Crippen LogP contribution in [-0.2, 0) is 19.1 Å². The van der Waals surface area contributed by atoms with Crippen LogP contribution in [0.2, 0.25) is 0 Å². The van der Waals surface area contributed by atoms with Gasteiger partial charge in [0.05, 0.1) is 17.8 Å². The highest BCUT2D eigenvalue weighted by atomic mass is 16.5. The summed E-state index contributed by atoms with van der Waals surface area (Å²) < 4.78 is 6.24. The number of Topliss-reactive ketones (excluding diaryl/α,β-unsaturated/α-hetero) is 2. The number of ketones is 2. The standard InChI is InChI=1S/C35H46O6/c1-21(2)12-11-13-23(5)17-19-35(18-16-22(3)4)33(39)29(27(20-28(36)37)26-14-9-8-10-15-26)32-30(34(35)40)31(38)24(6)25(7)41-32/h8-10,12-15,22,24-25,27,39H,11,16-20H2,1-7H3,(H,36,37)/b23-13+. The Labute approximate surface area is 244 Å². The van der Waals surface area contributed by atoms with Gasteiger partial charge in [-0.3, -0.25) is 14.4 Å². The summed E-state index contributed by atoms with van der Waals surface area (Å²) in [5, 5.41) is 22.2. The van der Waals surface area contributed by atoms with Crippen LogP contribution in [0.3, 0.4) is 0 Å². The van der Waals surface area contributed by atoms with Crippen LogP contribution in [-0.4, -0.2) is 33.9 Å². The predicted octanol–water partition coefficient (Wildman–Crippen LogP) is 8.02. The van der Waals surface area contributed by atoms with Crippen molar-refractivity contribution in [3.8, 4) is 0 Å². The third-order valence-corrected chi connectivity index (χ3v) is 8.53. The van der Waals surface area contributed by atoms with Gasteiger partial charge < -0.3 is 14.9 Å². The number of ether oxygens (including phenoxy) is 1. The number of aliphatic hydroxyl groups excluding tert-OH is 1. The fourth-order valence-corrected chi connectivity index (χ4v) is 5.73. The van der Waals surface area contributed by atoms with Gasteiger partial charge in [0.1, 0.15) is 23.2 Å². The van der Waals surface area contributed by atoms with Gasteiger partial charge in [-0.25, -0.2) is 0 Å². The fraction of sp³-hybridized carbons (Fsp3) is 0.514. The molecule has 1 aromatic rings. The smallest absolute Gasteiger partial charge is 0.304 e. The Balaban J connectivity index is 2.28. The molecule has 4 unspecified atom stereocenters. The molecule has 0 saturated heterocycles. The van der Waals surface area contributed by atoms with Crippen LogP contribution in [0.15, 0.2) is 76.3 Å².